The molecule has 0 aromatic heterocycles. The Balaban J connectivity index is 1.87. The van der Waals surface area contributed by atoms with Crippen molar-refractivity contribution in [3.8, 4) is 0 Å². The lowest BCUT2D eigenvalue weighted by Gasteiger charge is -2.31. The van der Waals surface area contributed by atoms with Gasteiger partial charge in [-0.2, -0.15) is 0 Å². The van der Waals surface area contributed by atoms with E-state index in [1.165, 1.54) is 18.2 Å². The summed E-state index contributed by atoms with van der Waals surface area (Å²) >= 11 is 0. The van der Waals surface area contributed by atoms with Crippen LogP contribution in [0, 0.1) is 27.7 Å². The van der Waals surface area contributed by atoms with E-state index >= 15 is 0 Å². The van der Waals surface area contributed by atoms with Gasteiger partial charge in [-0.15, -0.1) is 0 Å². The van der Waals surface area contributed by atoms with Crippen LogP contribution in [0.25, 0.3) is 0 Å². The molecule has 1 saturated heterocycles. The number of hydrogen-bond donors (Lipinski definition) is 1. The second kappa shape index (κ2) is 7.69. The van der Waals surface area contributed by atoms with Crippen LogP contribution in [0.4, 0.5) is 25.8 Å². The smallest absolute Gasteiger partial charge is 0.293 e. The highest BCUT2D eigenvalue weighted by Crippen LogP contribution is 2.32. The topological polar surface area (TPSA) is 75.5 Å². The molecule has 1 fully saturated rings. The first-order valence-corrected chi connectivity index (χ1v) is 8.65. The number of carbonyl (C=O) groups is 1. The van der Waals surface area contributed by atoms with E-state index in [1.54, 1.807) is 0 Å². The number of piperidine rings is 1. The third kappa shape index (κ3) is 4.05. The molecule has 0 atom stereocenters. The van der Waals surface area contributed by atoms with Gasteiger partial charge in [0, 0.05) is 24.7 Å². The van der Waals surface area contributed by atoms with E-state index in [4.69, 9.17) is 0 Å². The van der Waals surface area contributed by atoms with Crippen molar-refractivity contribution in [1.29, 1.82) is 0 Å². The lowest BCUT2D eigenvalue weighted by Crippen LogP contribution is -2.33. The molecule has 0 spiro atoms. The monoisotopic (exact) mass is 375 g/mol. The highest BCUT2D eigenvalue weighted by Gasteiger charge is 2.25. The van der Waals surface area contributed by atoms with Crippen molar-refractivity contribution in [3.63, 3.8) is 0 Å². The van der Waals surface area contributed by atoms with Gasteiger partial charge in [-0.3, -0.25) is 14.9 Å². The normalized spacial score (nSPS) is 14.9. The van der Waals surface area contributed by atoms with Crippen LogP contribution in [0.15, 0.2) is 36.4 Å². The van der Waals surface area contributed by atoms with E-state index in [-0.39, 0.29) is 11.3 Å². The van der Waals surface area contributed by atoms with E-state index < -0.39 is 28.2 Å². The molecule has 6 nitrogen and oxygen atoms in total. The van der Waals surface area contributed by atoms with Gasteiger partial charge in [0.05, 0.1) is 4.92 Å². The van der Waals surface area contributed by atoms with Crippen LogP contribution in [0.2, 0.25) is 0 Å². The highest BCUT2D eigenvalue weighted by atomic mass is 19.1. The van der Waals surface area contributed by atoms with E-state index in [0.29, 0.717) is 24.7 Å². The van der Waals surface area contributed by atoms with Gasteiger partial charge in [0.2, 0.25) is 0 Å². The van der Waals surface area contributed by atoms with Gasteiger partial charge in [0.1, 0.15) is 23.0 Å². The number of nitro groups is 1. The minimum absolute atomic E-state index is 0.0431. The number of nitro benzene ring substituents is 1. The summed E-state index contributed by atoms with van der Waals surface area (Å²) in [6.45, 7) is 3.54. The van der Waals surface area contributed by atoms with Gasteiger partial charge in [0.25, 0.3) is 11.6 Å². The van der Waals surface area contributed by atoms with Crippen molar-refractivity contribution < 1.29 is 18.5 Å². The maximum atomic E-state index is 13.7. The van der Waals surface area contributed by atoms with Crippen molar-refractivity contribution in [2.45, 2.75) is 19.8 Å². The van der Waals surface area contributed by atoms with E-state index in [1.807, 2.05) is 4.90 Å². The number of halogens is 2. The van der Waals surface area contributed by atoms with Crippen LogP contribution in [-0.2, 0) is 0 Å². The Hall–Kier alpha value is -3.03. The summed E-state index contributed by atoms with van der Waals surface area (Å²) in [6.07, 6.45) is 1.87. The molecule has 1 amide bonds. The number of nitrogens with zero attached hydrogens (tertiary/aromatic N) is 2. The Bertz CT molecular complexity index is 860. The second-order valence-electron chi connectivity index (χ2n) is 6.68. The number of rotatable bonds is 4. The number of nitrogens with one attached hydrogen (secondary N) is 1. The number of para-hydroxylation sites is 1. The number of hydrogen-bond acceptors (Lipinski definition) is 4. The Morgan fingerprint density at radius 2 is 1.81 bits per heavy atom. The quantitative estimate of drug-likeness (QED) is 0.636. The van der Waals surface area contributed by atoms with Crippen molar-refractivity contribution in [1.82, 2.24) is 0 Å². The standard InChI is InChI=1S/C19H19F2N3O3/c1-12-7-9-23(10-8-12)16-6-5-13(11-17(16)24(26)27)19(25)22-18-14(20)3-2-4-15(18)21/h2-6,11-12H,7-10H2,1H3,(H,22,25). The maximum absolute atomic E-state index is 13.7. The Labute approximate surface area is 154 Å². The number of benzene rings is 2. The molecule has 0 aliphatic carbocycles. The van der Waals surface area contributed by atoms with Gasteiger partial charge in [-0.05, 0) is 43.0 Å². The minimum Gasteiger partial charge on any atom is -0.366 e. The van der Waals surface area contributed by atoms with E-state index in [9.17, 15) is 23.7 Å². The van der Waals surface area contributed by atoms with Gasteiger partial charge in [0.15, 0.2) is 0 Å². The predicted octanol–water partition coefficient (Wildman–Crippen LogP) is 4.36. The van der Waals surface area contributed by atoms with E-state index in [2.05, 4.69) is 12.2 Å². The molecule has 1 aliphatic rings. The van der Waals surface area contributed by atoms with Crippen molar-refractivity contribution in [2.24, 2.45) is 5.92 Å². The molecule has 2 aromatic rings. The number of anilines is 2. The molecule has 1 aliphatic heterocycles. The maximum Gasteiger partial charge on any atom is 0.293 e. The van der Waals surface area contributed by atoms with Crippen LogP contribution in [-0.4, -0.2) is 23.9 Å². The average molecular weight is 375 g/mol. The predicted molar refractivity (Wildman–Crippen MR) is 98.0 cm³/mol. The number of amides is 1. The second-order valence-corrected chi connectivity index (χ2v) is 6.68. The summed E-state index contributed by atoms with van der Waals surface area (Å²) < 4.78 is 27.4. The Morgan fingerprint density at radius 3 is 2.41 bits per heavy atom. The summed E-state index contributed by atoms with van der Waals surface area (Å²) in [5.74, 6) is -2.09. The molecule has 8 heteroatoms. The van der Waals surface area contributed by atoms with Gasteiger partial charge in [-0.1, -0.05) is 13.0 Å². The fourth-order valence-corrected chi connectivity index (χ4v) is 3.13. The first kappa shape index (κ1) is 18.8. The molecule has 2 aromatic carbocycles. The summed E-state index contributed by atoms with van der Waals surface area (Å²) in [5.41, 5.74) is -0.385. The SMILES string of the molecule is CC1CCN(c2ccc(C(=O)Nc3c(F)cccc3F)cc2[N+](=O)[O-])CC1. The van der Waals surface area contributed by atoms with Crippen molar-refractivity contribution >= 4 is 23.0 Å². The highest BCUT2D eigenvalue weighted by molar-refractivity contribution is 6.05. The molecule has 1 heterocycles. The fourth-order valence-electron chi connectivity index (χ4n) is 3.13. The van der Waals surface area contributed by atoms with Gasteiger partial charge >= 0.3 is 0 Å². The number of carbonyl (C=O) groups excluding carboxylic acids is 1. The molecule has 1 N–H and O–H groups in total. The third-order valence-corrected chi connectivity index (χ3v) is 4.76. The Kier molecular flexibility index (Phi) is 5.34. The van der Waals surface area contributed by atoms with Crippen LogP contribution in [0.3, 0.4) is 0 Å². The zero-order valence-electron chi connectivity index (χ0n) is 14.7. The molecule has 0 unspecified atom stereocenters. The summed E-state index contributed by atoms with van der Waals surface area (Å²) in [7, 11) is 0. The zero-order valence-corrected chi connectivity index (χ0v) is 14.7. The zero-order chi connectivity index (χ0) is 19.6. The average Bonchev–Trinajstić information content (AvgIpc) is 2.65. The minimum atomic E-state index is -0.920. The third-order valence-electron chi connectivity index (χ3n) is 4.76. The molecule has 0 radical (unpaired) electrons. The van der Waals surface area contributed by atoms with Crippen molar-refractivity contribution in [3.05, 3.63) is 63.7 Å². The van der Waals surface area contributed by atoms with Crippen LogP contribution in [0.5, 0.6) is 0 Å². The lowest BCUT2D eigenvalue weighted by molar-refractivity contribution is -0.384. The largest absolute Gasteiger partial charge is 0.366 e. The van der Waals surface area contributed by atoms with Crippen LogP contribution in [0.1, 0.15) is 30.1 Å². The summed E-state index contributed by atoms with van der Waals surface area (Å²) in [4.78, 5) is 25.2. The van der Waals surface area contributed by atoms with Gasteiger partial charge < -0.3 is 10.2 Å². The van der Waals surface area contributed by atoms with E-state index in [0.717, 1.165) is 31.0 Å². The first-order chi connectivity index (χ1) is 12.9. The molecule has 3 rings (SSSR count). The fraction of sp³-hybridized carbons (Fsp3) is 0.316. The van der Waals surface area contributed by atoms with Crippen LogP contribution >= 0.6 is 0 Å². The van der Waals surface area contributed by atoms with Gasteiger partial charge in [-0.25, -0.2) is 8.78 Å². The van der Waals surface area contributed by atoms with Crippen molar-refractivity contribution in [2.75, 3.05) is 23.3 Å². The molecular weight excluding hydrogens is 356 g/mol. The summed E-state index contributed by atoms with van der Waals surface area (Å²) in [6, 6.07) is 7.29. The molecule has 142 valence electrons. The molecule has 0 bridgehead atoms. The Morgan fingerprint density at radius 1 is 1.19 bits per heavy atom. The molecular formula is C19H19F2N3O3. The summed E-state index contributed by atoms with van der Waals surface area (Å²) in [5, 5.41) is 13.6. The lowest BCUT2D eigenvalue weighted by atomic mass is 9.98. The first-order valence-electron chi connectivity index (χ1n) is 8.65. The molecule has 0 saturated carbocycles. The van der Waals surface area contributed by atoms with Crippen LogP contribution < -0.4 is 10.2 Å². The molecule has 27 heavy (non-hydrogen) atoms.